The Bertz CT molecular complexity index is 515. The van der Waals surface area contributed by atoms with Gasteiger partial charge in [0.15, 0.2) is 0 Å². The molecule has 0 atom stereocenters. The van der Waals surface area contributed by atoms with Crippen LogP contribution in [0.1, 0.15) is 5.56 Å². The average Bonchev–Trinajstić information content (AvgIpc) is 2.15. The van der Waals surface area contributed by atoms with Crippen LogP contribution in [0.2, 0.25) is 0 Å². The molecule has 0 saturated heterocycles. The van der Waals surface area contributed by atoms with Crippen LogP contribution in [0, 0.1) is 16.9 Å². The topological polar surface area (TPSA) is 120 Å². The molecule has 3 N–H and O–H groups in total. The fraction of sp³-hybridized carbons (Fsp3) is 0. The van der Waals surface area contributed by atoms with E-state index in [0.29, 0.717) is 0 Å². The summed E-state index contributed by atoms with van der Waals surface area (Å²) in [5, 5.41) is 16.5. The molecule has 0 unspecified atom stereocenters. The van der Waals surface area contributed by atoms with Gasteiger partial charge in [-0.15, -0.1) is 0 Å². The summed E-state index contributed by atoms with van der Waals surface area (Å²) in [7, 11) is -3.81. The van der Waals surface area contributed by atoms with E-state index >= 15 is 0 Å². The third kappa shape index (κ3) is 1.93. The van der Waals surface area contributed by atoms with Gasteiger partial charge in [0.2, 0.25) is 10.0 Å². The number of primary sulfonamides is 1. The zero-order valence-electron chi connectivity index (χ0n) is 6.93. The van der Waals surface area contributed by atoms with Crippen molar-refractivity contribution in [2.75, 3.05) is 0 Å². The third-order valence-corrected chi connectivity index (χ3v) is 2.45. The third-order valence-electron chi connectivity index (χ3n) is 1.54. The van der Waals surface area contributed by atoms with Crippen LogP contribution in [0.15, 0.2) is 28.2 Å². The van der Waals surface area contributed by atoms with Gasteiger partial charge in [-0.2, -0.15) is 10.4 Å². The molecule has 0 aliphatic carbocycles. The minimum absolute atomic E-state index is 0.00604. The quantitative estimate of drug-likeness (QED) is 0.704. The van der Waals surface area contributed by atoms with Crippen molar-refractivity contribution >= 4 is 15.7 Å². The second-order valence-corrected chi connectivity index (χ2v) is 4.01. The van der Waals surface area contributed by atoms with Crippen LogP contribution < -0.4 is 5.14 Å². The second-order valence-electron chi connectivity index (χ2n) is 2.45. The first-order valence-corrected chi connectivity index (χ1v) is 4.98. The van der Waals surface area contributed by atoms with E-state index in [4.69, 9.17) is 15.9 Å². The summed E-state index contributed by atoms with van der Waals surface area (Å²) in [6, 6.07) is 5.26. The minimum atomic E-state index is -3.81. The predicted octanol–water partition coefficient (Wildman–Crippen LogP) is 0.868. The van der Waals surface area contributed by atoms with Crippen molar-refractivity contribution in [2.45, 2.75) is 4.90 Å². The number of sulfonamides is 1. The summed E-state index contributed by atoms with van der Waals surface area (Å²) >= 11 is 0. The van der Waals surface area contributed by atoms with E-state index in [1.807, 2.05) is 0 Å². The van der Waals surface area contributed by atoms with Crippen LogP contribution >= 0.6 is 0 Å². The summed E-state index contributed by atoms with van der Waals surface area (Å²) in [6.07, 6.45) is 0. The van der Waals surface area contributed by atoms with Crippen molar-refractivity contribution in [3.05, 3.63) is 23.8 Å². The number of benzene rings is 1. The largest absolute Gasteiger partial charge is 0.238 e. The number of rotatable bonds is 2. The lowest BCUT2D eigenvalue weighted by atomic mass is 10.2. The van der Waals surface area contributed by atoms with Crippen LogP contribution in [0.4, 0.5) is 5.69 Å². The maximum Gasteiger partial charge on any atom is 0.238 e. The van der Waals surface area contributed by atoms with E-state index in [1.165, 1.54) is 12.1 Å². The molecule has 1 rings (SSSR count). The molecule has 6 nitrogen and oxygen atoms in total. The second kappa shape index (κ2) is 3.53. The molecule has 14 heavy (non-hydrogen) atoms. The van der Waals surface area contributed by atoms with Gasteiger partial charge in [-0.3, -0.25) is 0 Å². The number of hydrogen-bond donors (Lipinski definition) is 2. The van der Waals surface area contributed by atoms with Crippen molar-refractivity contribution in [3.8, 4) is 6.07 Å². The first-order chi connectivity index (χ1) is 6.49. The molecule has 0 aliphatic rings. The minimum Gasteiger partial charge on any atom is -0.225 e. The molecule has 0 heterocycles. The van der Waals surface area contributed by atoms with Gasteiger partial charge in [-0.05, 0) is 18.2 Å². The smallest absolute Gasteiger partial charge is 0.225 e. The Labute approximate surface area is 80.5 Å². The van der Waals surface area contributed by atoms with Gasteiger partial charge in [0.25, 0.3) is 0 Å². The lowest BCUT2D eigenvalue weighted by molar-refractivity contribution is 0.598. The zero-order valence-corrected chi connectivity index (χ0v) is 7.75. The molecule has 0 bridgehead atoms. The van der Waals surface area contributed by atoms with Crippen LogP contribution in [0.5, 0.6) is 0 Å². The lowest BCUT2D eigenvalue weighted by Gasteiger charge is -1.99. The maximum atomic E-state index is 10.9. The van der Waals surface area contributed by atoms with E-state index in [2.05, 4.69) is 5.11 Å². The molecule has 0 radical (unpaired) electrons. The standard InChI is InChI=1S/C7H6N4O2S/c8-4-5-3-6(14(10,12)13)1-2-7(5)11-9/h1-3,9H,(H2,10,12,13). The highest BCUT2D eigenvalue weighted by atomic mass is 32.2. The molecule has 1 aromatic carbocycles. The number of nitriles is 1. The Balaban J connectivity index is 3.45. The van der Waals surface area contributed by atoms with E-state index in [9.17, 15) is 8.42 Å². The number of hydrogen-bond acceptors (Lipinski definition) is 5. The predicted molar refractivity (Wildman–Crippen MR) is 47.3 cm³/mol. The van der Waals surface area contributed by atoms with E-state index in [-0.39, 0.29) is 16.1 Å². The maximum absolute atomic E-state index is 10.9. The van der Waals surface area contributed by atoms with Crippen LogP contribution in [0.3, 0.4) is 0 Å². The highest BCUT2D eigenvalue weighted by Crippen LogP contribution is 2.21. The van der Waals surface area contributed by atoms with E-state index in [0.717, 1.165) is 6.07 Å². The van der Waals surface area contributed by atoms with Gasteiger partial charge in [-0.25, -0.2) is 19.1 Å². The summed E-state index contributed by atoms with van der Waals surface area (Å²) in [4.78, 5) is -0.165. The SMILES string of the molecule is N#Cc1cc(S(N)(=O)=O)ccc1N=N. The highest BCUT2D eigenvalue weighted by molar-refractivity contribution is 7.89. The van der Waals surface area contributed by atoms with Crippen molar-refractivity contribution < 1.29 is 8.42 Å². The number of nitrogens with two attached hydrogens (primary N) is 1. The monoisotopic (exact) mass is 210 g/mol. The first-order valence-electron chi connectivity index (χ1n) is 3.43. The molecule has 0 fully saturated rings. The van der Waals surface area contributed by atoms with Gasteiger partial charge < -0.3 is 0 Å². The Morgan fingerprint density at radius 3 is 2.57 bits per heavy atom. The Kier molecular flexibility index (Phi) is 2.60. The molecule has 7 heteroatoms. The summed E-state index contributed by atoms with van der Waals surface area (Å²) in [6.45, 7) is 0. The Morgan fingerprint density at radius 2 is 2.14 bits per heavy atom. The summed E-state index contributed by atoms with van der Waals surface area (Å²) < 4.78 is 21.8. The number of nitrogens with zero attached hydrogens (tertiary/aromatic N) is 2. The van der Waals surface area contributed by atoms with Crippen molar-refractivity contribution in [3.63, 3.8) is 0 Å². The molecule has 0 amide bonds. The van der Waals surface area contributed by atoms with Gasteiger partial charge in [-0.1, -0.05) is 0 Å². The molecule has 0 aliphatic heterocycles. The van der Waals surface area contributed by atoms with Gasteiger partial charge >= 0.3 is 0 Å². The average molecular weight is 210 g/mol. The van der Waals surface area contributed by atoms with Crippen LogP contribution in [-0.4, -0.2) is 8.42 Å². The fourth-order valence-corrected chi connectivity index (χ4v) is 1.42. The Hall–Kier alpha value is -1.78. The van der Waals surface area contributed by atoms with E-state index in [1.54, 1.807) is 6.07 Å². The molecule has 0 saturated carbocycles. The fourth-order valence-electron chi connectivity index (χ4n) is 0.879. The molecule has 0 spiro atoms. The number of nitrogens with one attached hydrogen (secondary N) is 1. The molecule has 0 aromatic heterocycles. The van der Waals surface area contributed by atoms with Crippen molar-refractivity contribution in [1.29, 1.82) is 10.8 Å². The molecular weight excluding hydrogens is 204 g/mol. The normalized spacial score (nSPS) is 10.6. The van der Waals surface area contributed by atoms with Crippen LogP contribution in [-0.2, 0) is 10.0 Å². The van der Waals surface area contributed by atoms with Gasteiger partial charge in [0, 0.05) is 0 Å². The Morgan fingerprint density at radius 1 is 1.50 bits per heavy atom. The zero-order chi connectivity index (χ0) is 10.8. The molecule has 72 valence electrons. The summed E-state index contributed by atoms with van der Waals surface area (Å²) in [5.41, 5.74) is 6.82. The molecule has 1 aromatic rings. The molecular formula is C7H6N4O2S. The van der Waals surface area contributed by atoms with Gasteiger partial charge in [0.05, 0.1) is 10.5 Å². The van der Waals surface area contributed by atoms with Crippen LogP contribution in [0.25, 0.3) is 0 Å². The summed E-state index contributed by atoms with van der Waals surface area (Å²) in [5.74, 6) is 0. The van der Waals surface area contributed by atoms with Crippen molar-refractivity contribution in [1.82, 2.24) is 0 Å². The highest BCUT2D eigenvalue weighted by Gasteiger charge is 2.10. The van der Waals surface area contributed by atoms with Crippen molar-refractivity contribution in [2.24, 2.45) is 10.3 Å². The first kappa shape index (κ1) is 10.3. The lowest BCUT2D eigenvalue weighted by Crippen LogP contribution is -2.12. The van der Waals surface area contributed by atoms with E-state index < -0.39 is 10.0 Å². The van der Waals surface area contributed by atoms with Gasteiger partial charge in [0.1, 0.15) is 11.8 Å².